The summed E-state index contributed by atoms with van der Waals surface area (Å²) in [6.45, 7) is -0.239. The maximum Gasteiger partial charge on any atom is 0.306 e. The maximum atomic E-state index is 11.1. The highest BCUT2D eigenvalue weighted by molar-refractivity contribution is 5.69. The zero-order valence-electron chi connectivity index (χ0n) is 10.9. The van der Waals surface area contributed by atoms with E-state index in [9.17, 15) is 4.79 Å². The number of aliphatic carboxylic acids is 1. The van der Waals surface area contributed by atoms with Crippen LogP contribution in [-0.2, 0) is 4.79 Å². The van der Waals surface area contributed by atoms with Crippen molar-refractivity contribution in [1.82, 2.24) is 0 Å². The summed E-state index contributed by atoms with van der Waals surface area (Å²) in [4.78, 5) is 11.1. The zero-order valence-corrected chi connectivity index (χ0v) is 5.88. The molecule has 0 aliphatic carbocycles. The molecule has 0 aromatic rings. The Morgan fingerprint density at radius 1 is 1.70 bits per heavy atom. The second-order valence-corrected chi connectivity index (χ2v) is 2.06. The third kappa shape index (κ3) is 3.49. The first-order valence-corrected chi connectivity index (χ1v) is 3.15. The Balaban J connectivity index is 4.24. The number of carboxylic acids is 1. The summed E-state index contributed by atoms with van der Waals surface area (Å²) in [6.07, 6.45) is -1.16. The summed E-state index contributed by atoms with van der Waals surface area (Å²) in [7, 11) is 0. The van der Waals surface area contributed by atoms with Gasteiger partial charge in [-0.1, -0.05) is 26.6 Å². The molecule has 0 saturated carbocycles. The average molecular weight is 149 g/mol. The third-order valence-electron chi connectivity index (χ3n) is 1.24. The Hall–Kier alpha value is -0.530. The van der Waals surface area contributed by atoms with Crippen LogP contribution in [0.1, 0.15) is 44.9 Å². The molecule has 0 saturated heterocycles. The molecule has 0 aliphatic rings. The average Bonchev–Trinajstić information content (AvgIpc) is 2.26. The Labute approximate surface area is 69.4 Å². The van der Waals surface area contributed by atoms with E-state index in [0.29, 0.717) is 0 Å². The van der Waals surface area contributed by atoms with Gasteiger partial charge in [-0.05, 0) is 12.8 Å². The van der Waals surface area contributed by atoms with Gasteiger partial charge in [-0.25, -0.2) is 0 Å². The van der Waals surface area contributed by atoms with Gasteiger partial charge in [0.1, 0.15) is 0 Å². The summed E-state index contributed by atoms with van der Waals surface area (Å²) in [5, 5.41) is 3.83. The first kappa shape index (κ1) is 3.74. The number of hydrogen-bond donors (Lipinski definition) is 1. The maximum absolute atomic E-state index is 11.1. The van der Waals surface area contributed by atoms with Gasteiger partial charge in [0.15, 0.2) is 0 Å². The molecule has 60 valence electrons. The van der Waals surface area contributed by atoms with Crippen molar-refractivity contribution in [2.45, 2.75) is 39.4 Å². The van der Waals surface area contributed by atoms with Crippen molar-refractivity contribution in [1.29, 1.82) is 1.43 Å². The Morgan fingerprint density at radius 2 is 2.30 bits per heavy atom. The lowest BCUT2D eigenvalue weighted by Crippen LogP contribution is -2.12. The van der Waals surface area contributed by atoms with Gasteiger partial charge in [0.2, 0.25) is 0 Å². The van der Waals surface area contributed by atoms with Crippen LogP contribution >= 0.6 is 0 Å². The van der Waals surface area contributed by atoms with Gasteiger partial charge in [0, 0.05) is 5.48 Å². The molecular weight excluding hydrogens is 128 g/mol. The fourth-order valence-electron chi connectivity index (χ4n) is 0.691. The van der Waals surface area contributed by atoms with Gasteiger partial charge >= 0.3 is 5.97 Å². The normalized spacial score (nSPS) is 25.8. The predicted octanol–water partition coefficient (Wildman–Crippen LogP) is 2.29. The molecule has 0 spiro atoms. The minimum absolute atomic E-state index is 0.120. The lowest BCUT2D eigenvalue weighted by Gasteiger charge is -2.07. The van der Waals surface area contributed by atoms with Gasteiger partial charge < -0.3 is 5.11 Å². The second kappa shape index (κ2) is 5.27. The van der Waals surface area contributed by atoms with Crippen molar-refractivity contribution in [2.24, 2.45) is 5.92 Å². The van der Waals surface area contributed by atoms with Gasteiger partial charge in [-0.2, -0.15) is 0 Å². The van der Waals surface area contributed by atoms with E-state index < -0.39 is 24.7 Å². The number of rotatable bonds is 5. The van der Waals surface area contributed by atoms with Crippen LogP contribution in [0.2, 0.25) is 0 Å². The van der Waals surface area contributed by atoms with Crippen LogP contribution in [0.5, 0.6) is 0 Å². The standard InChI is InChI=1S/C8H16O2/c1-3-5-7(6-4-2)8(9)10/h7H,3-6H2,1-2H3,(H,9,10)/i1D,2D,3D,4D/hD. The second-order valence-electron chi connectivity index (χ2n) is 2.06. The van der Waals surface area contributed by atoms with Crippen molar-refractivity contribution in [3.8, 4) is 0 Å². The molecule has 0 amide bonds. The molecule has 0 aromatic carbocycles. The number of hydrogen-bond acceptors (Lipinski definition) is 2. The minimum Gasteiger partial charge on any atom is -0.481 e. The summed E-state index contributed by atoms with van der Waals surface area (Å²) < 4.78 is 35.1. The van der Waals surface area contributed by atoms with E-state index in [1.165, 1.54) is 0 Å². The summed E-state index contributed by atoms with van der Waals surface area (Å²) in [6, 6.07) is 0. The molecular formula is C8H16O2. The first-order chi connectivity index (χ1) is 7.04. The highest BCUT2D eigenvalue weighted by Gasteiger charge is 2.13. The smallest absolute Gasteiger partial charge is 0.306 e. The molecule has 0 aliphatic heterocycles. The molecule has 0 fully saturated rings. The summed E-state index contributed by atoms with van der Waals surface area (Å²) in [5.41, 5.74) is 0. The molecule has 2 nitrogen and oxygen atoms in total. The van der Waals surface area contributed by atoms with Crippen molar-refractivity contribution in [3.05, 3.63) is 0 Å². The molecule has 0 aromatic heterocycles. The van der Waals surface area contributed by atoms with Crippen LogP contribution < -0.4 is 0 Å². The quantitative estimate of drug-likeness (QED) is 0.651. The van der Waals surface area contributed by atoms with Crippen LogP contribution in [0.3, 0.4) is 0 Å². The van der Waals surface area contributed by atoms with E-state index in [0.717, 1.165) is 0 Å². The van der Waals surface area contributed by atoms with Crippen molar-refractivity contribution >= 4 is 5.97 Å². The van der Waals surface area contributed by atoms with Crippen LogP contribution in [0.4, 0.5) is 0 Å². The fourth-order valence-corrected chi connectivity index (χ4v) is 0.691. The Bertz CT molecular complexity index is 178. The minimum atomic E-state index is -0.772. The van der Waals surface area contributed by atoms with E-state index in [2.05, 4.69) is 5.11 Å². The molecule has 2 heteroatoms. The molecule has 10 heavy (non-hydrogen) atoms. The summed E-state index contributed by atoms with van der Waals surface area (Å²) >= 11 is 0. The van der Waals surface area contributed by atoms with Gasteiger partial charge in [-0.3, -0.25) is 4.79 Å². The lowest BCUT2D eigenvalue weighted by atomic mass is 9.99. The van der Waals surface area contributed by atoms with Crippen LogP contribution in [-0.4, -0.2) is 11.1 Å². The third-order valence-corrected chi connectivity index (χ3v) is 1.24. The van der Waals surface area contributed by atoms with Crippen molar-refractivity contribution < 1.29 is 15.4 Å². The Morgan fingerprint density at radius 3 is 2.70 bits per heavy atom. The first-order valence-electron chi connectivity index (χ1n) is 6.12. The van der Waals surface area contributed by atoms with E-state index >= 15 is 0 Å². The fraction of sp³-hybridized carbons (Fsp3) is 0.875. The topological polar surface area (TPSA) is 37.3 Å². The SMILES string of the molecule is [2H]CC([2H])CC(CC([2H])C[2H])C(=O)O[2H]. The molecule has 1 N–H and O–H groups in total. The van der Waals surface area contributed by atoms with Gasteiger partial charge in [0.05, 0.1) is 5.92 Å². The largest absolute Gasteiger partial charge is 0.481 e. The highest BCUT2D eigenvalue weighted by atomic mass is 16.4. The Kier molecular flexibility index (Phi) is 1.97. The molecule has 2 atom stereocenters. The monoisotopic (exact) mass is 149 g/mol. The molecule has 0 bridgehead atoms. The van der Waals surface area contributed by atoms with Gasteiger partial charge in [0.25, 0.3) is 1.43 Å². The van der Waals surface area contributed by atoms with E-state index in [1.54, 1.807) is 0 Å². The van der Waals surface area contributed by atoms with E-state index in [1.807, 2.05) is 0 Å². The van der Waals surface area contributed by atoms with Crippen molar-refractivity contribution in [3.63, 3.8) is 0 Å². The molecule has 2 unspecified atom stereocenters. The van der Waals surface area contributed by atoms with Crippen LogP contribution in [0.25, 0.3) is 1.43 Å². The zero-order chi connectivity index (χ0) is 11.8. The molecule has 0 heterocycles. The lowest BCUT2D eigenvalue weighted by molar-refractivity contribution is -0.142. The highest BCUT2D eigenvalue weighted by Crippen LogP contribution is 2.12. The van der Waals surface area contributed by atoms with E-state index in [-0.39, 0.29) is 26.6 Å². The number of carboxylic acid groups (broad SMARTS) is 1. The van der Waals surface area contributed by atoms with Gasteiger partial charge in [-0.15, -0.1) is 0 Å². The van der Waals surface area contributed by atoms with Crippen molar-refractivity contribution in [2.75, 3.05) is 0 Å². The number of carbonyl (C=O) groups is 1. The predicted molar refractivity (Wildman–Crippen MR) is 40.9 cm³/mol. The van der Waals surface area contributed by atoms with Crippen LogP contribution in [0, 0.1) is 5.92 Å². The van der Waals surface area contributed by atoms with E-state index in [4.69, 9.17) is 6.91 Å². The summed E-state index contributed by atoms with van der Waals surface area (Å²) in [5.74, 6) is -1.48. The molecule has 0 rings (SSSR count). The van der Waals surface area contributed by atoms with Crippen LogP contribution in [0.15, 0.2) is 0 Å². The molecule has 0 radical (unpaired) electrons.